The third-order valence-corrected chi connectivity index (χ3v) is 12.0. The van der Waals surface area contributed by atoms with Gasteiger partial charge in [-0.05, 0) is 73.5 Å². The Labute approximate surface area is 468 Å². The van der Waals surface area contributed by atoms with E-state index < -0.39 is 176 Å². The van der Waals surface area contributed by atoms with Crippen molar-refractivity contribution in [2.75, 3.05) is 26.3 Å². The van der Waals surface area contributed by atoms with Crippen LogP contribution in [0.5, 0.6) is 11.5 Å². The lowest BCUT2D eigenvalue weighted by molar-refractivity contribution is -0.142. The molecule has 22 N–H and O–H groups in total. The summed E-state index contributed by atoms with van der Waals surface area (Å²) in [4.78, 5) is 169. The second kappa shape index (κ2) is 34.9. The Morgan fingerprint density at radius 2 is 0.841 bits per heavy atom. The molecule has 2 rings (SSSR count). The quantitative estimate of drug-likeness (QED) is 0.0280. The molecule has 0 unspecified atom stereocenters. The molecule has 32 nitrogen and oxygen atoms in total. The molecule has 9 atom stereocenters. The number of primary amides is 1. The first-order chi connectivity index (χ1) is 38.6. The van der Waals surface area contributed by atoms with Crippen molar-refractivity contribution in [1.82, 2.24) is 47.9 Å². The largest absolute Gasteiger partial charge is 0.508 e. The van der Waals surface area contributed by atoms with Crippen LogP contribution in [0, 0.1) is 5.92 Å². The SMILES string of the molecule is CC(C)[C@H](NC(=O)[C@H](CC(=O)O)NC(=O)[C@H](Cc1ccc(O)cc1)NC(=O)[C@H](CO)NC(=O)[C@H](CC(=O)O)NC(=O)[C@H](Cc1ccc(O)cc1)NC(=O)[C@@H](N)CCC(N)=O)C(=O)N[C@@H](CCCCN)C(=O)N[C@@H](CO)C(=O)NCC(=O)O. The number of nitrogens with one attached hydrogen (secondary N) is 9. The molecular weight excluding hydrogens is 1090 g/mol. The number of aliphatic carboxylic acids is 3. The fraction of sp³-hybridized carbons (Fsp3) is 0.500. The van der Waals surface area contributed by atoms with Crippen LogP contribution in [0.25, 0.3) is 0 Å². The highest BCUT2D eigenvalue weighted by Crippen LogP contribution is 2.15. The number of aliphatic hydroxyl groups is 2. The molecule has 0 fully saturated rings. The van der Waals surface area contributed by atoms with Gasteiger partial charge < -0.3 is 101 Å². The number of aliphatic hydroxyl groups excluding tert-OH is 2. The molecule has 0 spiro atoms. The molecular formula is C50H72N12O20. The van der Waals surface area contributed by atoms with Gasteiger partial charge in [-0.25, -0.2) is 0 Å². The number of benzene rings is 2. The van der Waals surface area contributed by atoms with Crippen LogP contribution < -0.4 is 65.1 Å². The zero-order chi connectivity index (χ0) is 61.8. The number of aromatic hydroxyl groups is 2. The fourth-order valence-electron chi connectivity index (χ4n) is 7.48. The van der Waals surface area contributed by atoms with Crippen molar-refractivity contribution < 1.29 is 98.1 Å². The second-order valence-electron chi connectivity index (χ2n) is 19.0. The van der Waals surface area contributed by atoms with E-state index in [-0.39, 0.29) is 55.7 Å². The second-order valence-corrected chi connectivity index (χ2v) is 19.0. The number of unbranched alkanes of at least 4 members (excludes halogenated alkanes) is 1. The fourth-order valence-corrected chi connectivity index (χ4v) is 7.48. The van der Waals surface area contributed by atoms with Gasteiger partial charge in [0.2, 0.25) is 59.1 Å². The van der Waals surface area contributed by atoms with E-state index in [4.69, 9.17) is 22.3 Å². The molecule has 0 aromatic heterocycles. The summed E-state index contributed by atoms with van der Waals surface area (Å²) < 4.78 is 0. The first-order valence-electron chi connectivity index (χ1n) is 25.5. The van der Waals surface area contributed by atoms with Crippen molar-refractivity contribution in [3.05, 3.63) is 59.7 Å². The summed E-state index contributed by atoms with van der Waals surface area (Å²) in [5, 5.41) is 88.4. The number of hydrogen-bond acceptors (Lipinski definition) is 19. The lowest BCUT2D eigenvalue weighted by Gasteiger charge is -2.28. The molecule has 10 amide bonds. The normalized spacial score (nSPS) is 14.2. The third-order valence-electron chi connectivity index (χ3n) is 12.0. The van der Waals surface area contributed by atoms with E-state index in [0.29, 0.717) is 12.0 Å². The van der Waals surface area contributed by atoms with E-state index in [1.54, 1.807) is 0 Å². The molecule has 0 aliphatic rings. The highest BCUT2D eigenvalue weighted by molar-refractivity contribution is 6.00. The third kappa shape index (κ3) is 25.0. The van der Waals surface area contributed by atoms with Crippen molar-refractivity contribution in [2.24, 2.45) is 23.1 Å². The Balaban J connectivity index is 2.45. The van der Waals surface area contributed by atoms with Crippen LogP contribution in [0.1, 0.15) is 69.9 Å². The standard InChI is InChI=1S/C50H72N12O20/c1-24(2)41(50(82)55-30(5-3-4-16-51)44(76)60-35(22-63)43(75)54-21-40(72)73)62-48(80)34(20-39(70)71)59-46(78)32(18-26-8-12-28(66)13-9-26)57-49(81)36(23-64)61-47(79)33(19-38(68)69)58-45(77)31(17-25-6-10-27(65)11-7-25)56-42(74)29(52)14-15-37(53)67/h6-13,24,29-36,41,63-66H,3-5,14-23,51-52H2,1-2H3,(H2,53,67)(H,54,75)(H,55,82)(H,56,74)(H,57,81)(H,58,77)(H,59,78)(H,60,76)(H,61,79)(H,62,80)(H,68,69)(H,70,71)(H,72,73)/t29-,30-,31-,32-,33-,34-,35-,36-,41-/m0/s1. The van der Waals surface area contributed by atoms with Crippen LogP contribution in [0.15, 0.2) is 48.5 Å². The lowest BCUT2D eigenvalue weighted by Crippen LogP contribution is -2.62. The lowest BCUT2D eigenvalue weighted by atomic mass is 10.0. The Bertz CT molecular complexity index is 2570. The Kier molecular flexibility index (Phi) is 29.4. The highest BCUT2D eigenvalue weighted by Gasteiger charge is 2.37. The van der Waals surface area contributed by atoms with Crippen LogP contribution >= 0.6 is 0 Å². The maximum Gasteiger partial charge on any atom is 0.322 e. The van der Waals surface area contributed by atoms with E-state index in [2.05, 4.69) is 42.5 Å². The minimum Gasteiger partial charge on any atom is -0.508 e. The summed E-state index contributed by atoms with van der Waals surface area (Å²) in [7, 11) is 0. The molecule has 2 aromatic carbocycles. The summed E-state index contributed by atoms with van der Waals surface area (Å²) in [5.41, 5.74) is 17.2. The Hall–Kier alpha value is -9.01. The molecule has 32 heteroatoms. The number of amides is 10. The minimum absolute atomic E-state index is 0.0997. The summed E-state index contributed by atoms with van der Waals surface area (Å²) in [5.74, 6) is -17.2. The van der Waals surface area contributed by atoms with Crippen LogP contribution in [0.2, 0.25) is 0 Å². The highest BCUT2D eigenvalue weighted by atomic mass is 16.4. The van der Waals surface area contributed by atoms with Gasteiger partial charge in [0, 0.05) is 19.3 Å². The molecule has 0 radical (unpaired) electrons. The van der Waals surface area contributed by atoms with E-state index >= 15 is 0 Å². The van der Waals surface area contributed by atoms with Gasteiger partial charge in [-0.15, -0.1) is 0 Å². The average molecular weight is 1160 g/mol. The summed E-state index contributed by atoms with van der Waals surface area (Å²) in [6.45, 7) is 0.00794. The smallest absolute Gasteiger partial charge is 0.322 e. The van der Waals surface area contributed by atoms with E-state index in [0.717, 1.165) is 0 Å². The van der Waals surface area contributed by atoms with Crippen LogP contribution in [-0.2, 0) is 75.2 Å². The average Bonchev–Trinajstić information content (AvgIpc) is 3.42. The number of phenols is 2. The van der Waals surface area contributed by atoms with Gasteiger partial charge in [0.1, 0.15) is 66.4 Å². The number of hydrogen-bond donors (Lipinski definition) is 19. The minimum atomic E-state index is -2.04. The maximum atomic E-state index is 14.2. The van der Waals surface area contributed by atoms with Crippen LogP contribution in [0.4, 0.5) is 0 Å². The number of rotatable bonds is 37. The molecule has 82 heavy (non-hydrogen) atoms. The number of phenolic OH excluding ortho intramolecular Hbond substituents is 2. The summed E-state index contributed by atoms with van der Waals surface area (Å²) >= 11 is 0. The van der Waals surface area contributed by atoms with Gasteiger partial charge in [0.05, 0.1) is 32.1 Å². The topological polar surface area (TPSA) is 550 Å². The van der Waals surface area contributed by atoms with Gasteiger partial charge in [0.15, 0.2) is 0 Å². The monoisotopic (exact) mass is 1160 g/mol. The molecule has 0 saturated carbocycles. The van der Waals surface area contributed by atoms with Crippen LogP contribution in [-0.4, -0.2) is 193 Å². The zero-order valence-corrected chi connectivity index (χ0v) is 44.8. The number of carbonyl (C=O) groups excluding carboxylic acids is 10. The first-order valence-corrected chi connectivity index (χ1v) is 25.5. The molecule has 452 valence electrons. The number of carboxylic acids is 3. The number of carboxylic acid groups (broad SMARTS) is 3. The van der Waals surface area contributed by atoms with Gasteiger partial charge in [-0.2, -0.15) is 0 Å². The number of nitrogens with two attached hydrogens (primary N) is 3. The molecule has 0 saturated heterocycles. The van der Waals surface area contributed by atoms with Gasteiger partial charge >= 0.3 is 17.9 Å². The summed E-state index contributed by atoms with van der Waals surface area (Å²) in [6.07, 6.45) is -3.17. The molecule has 0 aliphatic heterocycles. The van der Waals surface area contributed by atoms with Crippen molar-refractivity contribution >= 4 is 77.0 Å². The summed E-state index contributed by atoms with van der Waals surface area (Å²) in [6, 6.07) is -5.27. The van der Waals surface area contributed by atoms with Gasteiger partial charge in [0.25, 0.3) is 0 Å². The molecule has 2 aromatic rings. The molecule has 0 bridgehead atoms. The first kappa shape index (κ1) is 69.1. The van der Waals surface area contributed by atoms with Gasteiger partial charge in [-0.1, -0.05) is 38.1 Å². The van der Waals surface area contributed by atoms with Crippen LogP contribution in [0.3, 0.4) is 0 Å². The zero-order valence-electron chi connectivity index (χ0n) is 44.8. The number of carbonyl (C=O) groups is 13. The van der Waals surface area contributed by atoms with Crippen molar-refractivity contribution in [3.8, 4) is 11.5 Å². The van der Waals surface area contributed by atoms with Crippen molar-refractivity contribution in [1.29, 1.82) is 0 Å². The van der Waals surface area contributed by atoms with Crippen molar-refractivity contribution in [3.63, 3.8) is 0 Å². The van der Waals surface area contributed by atoms with Gasteiger partial charge in [-0.3, -0.25) is 62.3 Å². The maximum absolute atomic E-state index is 14.2. The predicted molar refractivity (Wildman–Crippen MR) is 283 cm³/mol. The van der Waals surface area contributed by atoms with E-state index in [9.17, 15) is 93.0 Å². The van der Waals surface area contributed by atoms with E-state index in [1.165, 1.54) is 62.4 Å². The molecule has 0 heterocycles. The molecule has 0 aliphatic carbocycles. The Morgan fingerprint density at radius 3 is 1.26 bits per heavy atom. The van der Waals surface area contributed by atoms with E-state index in [1.807, 2.05) is 5.32 Å². The predicted octanol–water partition coefficient (Wildman–Crippen LogP) is -6.73. The van der Waals surface area contributed by atoms with Crippen molar-refractivity contribution in [2.45, 2.75) is 126 Å². The Morgan fingerprint density at radius 1 is 0.463 bits per heavy atom.